The first-order valence-electron chi connectivity index (χ1n) is 4.35. The Balaban J connectivity index is 2.33. The van der Waals surface area contributed by atoms with Crippen LogP contribution in [0.1, 0.15) is 6.42 Å². The zero-order valence-corrected chi connectivity index (χ0v) is 9.37. The normalized spacial score (nSPS) is 21.1. The maximum Gasteiger partial charge on any atom is 0.235 e. The molecule has 1 unspecified atom stereocenters. The molecule has 1 aromatic rings. The summed E-state index contributed by atoms with van der Waals surface area (Å²) in [5, 5.41) is 0.245. The van der Waals surface area contributed by atoms with E-state index < -0.39 is 0 Å². The van der Waals surface area contributed by atoms with Crippen LogP contribution in [0.3, 0.4) is 0 Å². The molecule has 80 valence electrons. The maximum atomic E-state index is 11.5. The van der Waals surface area contributed by atoms with Crippen molar-refractivity contribution in [3.63, 3.8) is 0 Å². The highest BCUT2D eigenvalue weighted by Crippen LogP contribution is 2.22. The number of rotatable bonds is 1. The summed E-state index contributed by atoms with van der Waals surface area (Å²) >= 11 is 9.96. The molecule has 5 nitrogen and oxygen atoms in total. The summed E-state index contributed by atoms with van der Waals surface area (Å²) in [6, 6.07) is 1.43. The number of nitrogens with zero attached hydrogens (tertiary/aromatic N) is 3. The Morgan fingerprint density at radius 3 is 2.87 bits per heavy atom. The van der Waals surface area contributed by atoms with Gasteiger partial charge < -0.3 is 5.73 Å². The molecule has 1 amide bonds. The van der Waals surface area contributed by atoms with E-state index in [4.69, 9.17) is 17.3 Å². The third kappa shape index (κ3) is 2.15. The van der Waals surface area contributed by atoms with Gasteiger partial charge in [0.25, 0.3) is 0 Å². The fourth-order valence-electron chi connectivity index (χ4n) is 1.43. The molecular weight excluding hydrogens is 236 g/mol. The lowest BCUT2D eigenvalue weighted by molar-refractivity contribution is -0.117. The summed E-state index contributed by atoms with van der Waals surface area (Å²) in [5.41, 5.74) is 5.51. The molecule has 2 heterocycles. The number of nitrogens with two attached hydrogens (primary N) is 1. The molecule has 7 heteroatoms. The lowest BCUT2D eigenvalue weighted by Crippen LogP contribution is -2.27. The molecule has 0 radical (unpaired) electrons. The number of anilines is 2. The SMILES string of the molecule is Nc1cc(Cl)nc(N2CC(S)CC2=O)n1. The predicted molar refractivity (Wildman–Crippen MR) is 61.2 cm³/mol. The largest absolute Gasteiger partial charge is 0.383 e. The minimum atomic E-state index is -0.0586. The monoisotopic (exact) mass is 244 g/mol. The van der Waals surface area contributed by atoms with E-state index in [1.807, 2.05) is 0 Å². The zero-order valence-electron chi connectivity index (χ0n) is 7.72. The van der Waals surface area contributed by atoms with E-state index in [1.54, 1.807) is 0 Å². The molecule has 1 aromatic heterocycles. The van der Waals surface area contributed by atoms with Gasteiger partial charge in [-0.3, -0.25) is 9.69 Å². The number of thiol groups is 1. The summed E-state index contributed by atoms with van der Waals surface area (Å²) in [4.78, 5) is 20.9. The van der Waals surface area contributed by atoms with E-state index in [0.717, 1.165) is 0 Å². The third-order valence-corrected chi connectivity index (χ3v) is 2.59. The van der Waals surface area contributed by atoms with Gasteiger partial charge in [-0.15, -0.1) is 0 Å². The highest BCUT2D eigenvalue weighted by atomic mass is 35.5. The van der Waals surface area contributed by atoms with E-state index in [9.17, 15) is 4.79 Å². The van der Waals surface area contributed by atoms with Crippen LogP contribution >= 0.6 is 24.2 Å². The van der Waals surface area contributed by atoms with E-state index in [1.165, 1.54) is 11.0 Å². The van der Waals surface area contributed by atoms with Gasteiger partial charge >= 0.3 is 0 Å². The summed E-state index contributed by atoms with van der Waals surface area (Å²) in [5.74, 6) is 0.443. The van der Waals surface area contributed by atoms with Crippen molar-refractivity contribution in [1.29, 1.82) is 0 Å². The fraction of sp³-hybridized carbons (Fsp3) is 0.375. The molecule has 1 aliphatic rings. The van der Waals surface area contributed by atoms with Crippen molar-refractivity contribution >= 4 is 41.9 Å². The van der Waals surface area contributed by atoms with Crippen LogP contribution in [-0.2, 0) is 4.79 Å². The fourth-order valence-corrected chi connectivity index (χ4v) is 1.93. The van der Waals surface area contributed by atoms with Gasteiger partial charge in [-0.2, -0.15) is 17.6 Å². The minimum Gasteiger partial charge on any atom is -0.383 e. The standard InChI is InChI=1S/C8H9ClN4OS/c9-5-2-6(10)12-8(11-5)13-3-4(15)1-7(13)14/h2,4,15H,1,3H2,(H2,10,11,12). The molecule has 1 saturated heterocycles. The number of carbonyl (C=O) groups excluding carboxylic acids is 1. The molecule has 0 aliphatic carbocycles. The Morgan fingerprint density at radius 1 is 1.60 bits per heavy atom. The highest BCUT2D eigenvalue weighted by molar-refractivity contribution is 7.81. The number of hydrogen-bond donors (Lipinski definition) is 2. The molecular formula is C8H9ClN4OS. The molecule has 1 fully saturated rings. The molecule has 1 atom stereocenters. The summed E-state index contributed by atoms with van der Waals surface area (Å²) in [6.07, 6.45) is 0.388. The second-order valence-electron chi connectivity index (χ2n) is 3.28. The van der Waals surface area contributed by atoms with Crippen molar-refractivity contribution in [2.75, 3.05) is 17.2 Å². The lowest BCUT2D eigenvalue weighted by atomic mass is 10.4. The van der Waals surface area contributed by atoms with Crippen LogP contribution in [0.5, 0.6) is 0 Å². The van der Waals surface area contributed by atoms with Crippen molar-refractivity contribution in [2.24, 2.45) is 0 Å². The molecule has 15 heavy (non-hydrogen) atoms. The summed E-state index contributed by atoms with van der Waals surface area (Å²) < 4.78 is 0. The number of nitrogen functional groups attached to an aromatic ring is 1. The zero-order chi connectivity index (χ0) is 11.0. The minimum absolute atomic E-state index is 0.0151. The van der Waals surface area contributed by atoms with Crippen LogP contribution < -0.4 is 10.6 Å². The van der Waals surface area contributed by atoms with Gasteiger partial charge in [-0.1, -0.05) is 11.6 Å². The lowest BCUT2D eigenvalue weighted by Gasteiger charge is -2.13. The van der Waals surface area contributed by atoms with E-state index in [-0.39, 0.29) is 28.1 Å². The van der Waals surface area contributed by atoms with Crippen molar-refractivity contribution < 1.29 is 4.79 Å². The van der Waals surface area contributed by atoms with Crippen molar-refractivity contribution in [3.8, 4) is 0 Å². The van der Waals surface area contributed by atoms with Gasteiger partial charge in [0, 0.05) is 24.3 Å². The van der Waals surface area contributed by atoms with Gasteiger partial charge in [-0.25, -0.2) is 4.98 Å². The van der Waals surface area contributed by atoms with Crippen molar-refractivity contribution in [2.45, 2.75) is 11.7 Å². The Bertz CT molecular complexity index is 393. The summed E-state index contributed by atoms with van der Waals surface area (Å²) in [7, 11) is 0. The van der Waals surface area contributed by atoms with Crippen molar-refractivity contribution in [3.05, 3.63) is 11.2 Å². The third-order valence-electron chi connectivity index (χ3n) is 2.05. The average Bonchev–Trinajstić information content (AvgIpc) is 2.43. The molecule has 0 spiro atoms. The molecule has 1 aliphatic heterocycles. The molecule has 0 bridgehead atoms. The number of carbonyl (C=O) groups is 1. The molecule has 0 saturated carbocycles. The van der Waals surface area contributed by atoms with E-state index in [0.29, 0.717) is 13.0 Å². The van der Waals surface area contributed by atoms with Crippen LogP contribution in [0.15, 0.2) is 6.07 Å². The van der Waals surface area contributed by atoms with Gasteiger partial charge in [-0.05, 0) is 0 Å². The van der Waals surface area contributed by atoms with Gasteiger partial charge in [0.05, 0.1) is 0 Å². The predicted octanol–water partition coefficient (Wildman–Crippen LogP) is 0.747. The number of hydrogen-bond acceptors (Lipinski definition) is 5. The first-order valence-corrected chi connectivity index (χ1v) is 5.24. The Hall–Kier alpha value is -1.01. The second kappa shape index (κ2) is 3.86. The van der Waals surface area contributed by atoms with E-state index >= 15 is 0 Å². The molecule has 2 N–H and O–H groups in total. The molecule has 2 rings (SSSR count). The van der Waals surface area contributed by atoms with Crippen LogP contribution in [0.4, 0.5) is 11.8 Å². The average molecular weight is 245 g/mol. The number of amides is 1. The Kier molecular flexibility index (Phi) is 2.70. The topological polar surface area (TPSA) is 72.1 Å². The van der Waals surface area contributed by atoms with Crippen molar-refractivity contribution in [1.82, 2.24) is 9.97 Å². The second-order valence-corrected chi connectivity index (χ2v) is 4.40. The first kappa shape index (κ1) is 10.5. The number of aromatic nitrogens is 2. The smallest absolute Gasteiger partial charge is 0.235 e. The van der Waals surface area contributed by atoms with Gasteiger partial charge in [0.2, 0.25) is 11.9 Å². The Morgan fingerprint density at radius 2 is 2.33 bits per heavy atom. The number of halogens is 1. The summed E-state index contributed by atoms with van der Waals surface area (Å²) in [6.45, 7) is 0.488. The highest BCUT2D eigenvalue weighted by Gasteiger charge is 2.30. The Labute approximate surface area is 97.0 Å². The van der Waals surface area contributed by atoms with Crippen LogP contribution in [0.2, 0.25) is 5.15 Å². The van der Waals surface area contributed by atoms with Crippen LogP contribution in [-0.4, -0.2) is 27.7 Å². The quantitative estimate of drug-likeness (QED) is 0.565. The van der Waals surface area contributed by atoms with Crippen LogP contribution in [0.25, 0.3) is 0 Å². The van der Waals surface area contributed by atoms with Gasteiger partial charge in [0.15, 0.2) is 0 Å². The first-order chi connectivity index (χ1) is 7.06. The molecule has 0 aromatic carbocycles. The van der Waals surface area contributed by atoms with Crippen LogP contribution in [0, 0.1) is 0 Å². The van der Waals surface area contributed by atoms with Gasteiger partial charge in [0.1, 0.15) is 11.0 Å². The maximum absolute atomic E-state index is 11.5. The van der Waals surface area contributed by atoms with E-state index in [2.05, 4.69) is 22.6 Å².